The summed E-state index contributed by atoms with van der Waals surface area (Å²) < 4.78 is 5.75. The number of hydrogen-bond donors (Lipinski definition) is 1. The lowest BCUT2D eigenvalue weighted by Crippen LogP contribution is -2.10. The predicted octanol–water partition coefficient (Wildman–Crippen LogP) is 3.36. The monoisotopic (exact) mass is 222 g/mol. The van der Waals surface area contributed by atoms with E-state index in [1.807, 2.05) is 24.3 Å². The summed E-state index contributed by atoms with van der Waals surface area (Å²) in [7, 11) is 0. The summed E-state index contributed by atoms with van der Waals surface area (Å²) in [6.45, 7) is 6.59. The van der Waals surface area contributed by atoms with Gasteiger partial charge in [0.1, 0.15) is 5.75 Å². The highest BCUT2D eigenvalue weighted by atomic mass is 32.1. The lowest BCUT2D eigenvalue weighted by Gasteiger charge is -2.13. The van der Waals surface area contributed by atoms with E-state index in [9.17, 15) is 0 Å². The highest BCUT2D eigenvalue weighted by Gasteiger charge is 2.04. The smallest absolute Gasteiger partial charge is 0.122 e. The van der Waals surface area contributed by atoms with E-state index < -0.39 is 0 Å². The van der Waals surface area contributed by atoms with Crippen LogP contribution in [-0.2, 0) is 6.42 Å². The molecule has 0 aliphatic rings. The summed E-state index contributed by atoms with van der Waals surface area (Å²) in [5, 5.41) is 0. The van der Waals surface area contributed by atoms with Gasteiger partial charge in [-0.05, 0) is 29.7 Å². The lowest BCUT2D eigenvalue weighted by molar-refractivity contribution is 0.271. The molecule has 0 bridgehead atoms. The van der Waals surface area contributed by atoms with Gasteiger partial charge in [0, 0.05) is 0 Å². The van der Waals surface area contributed by atoms with Crippen molar-refractivity contribution in [1.29, 1.82) is 0 Å². The van der Waals surface area contributed by atoms with Gasteiger partial charge in [0.25, 0.3) is 0 Å². The molecule has 1 nitrogen and oxygen atoms in total. The van der Waals surface area contributed by atoms with Crippen LogP contribution >= 0.6 is 12.6 Å². The highest BCUT2D eigenvalue weighted by Crippen LogP contribution is 2.19. The molecule has 0 saturated carbocycles. The third-order valence-corrected chi connectivity index (χ3v) is 2.80. The normalized spacial score (nSPS) is 12.1. The van der Waals surface area contributed by atoms with Crippen LogP contribution in [0.3, 0.4) is 0 Å². The SMILES string of the molecule is C=CCc1ccccc1OCC(C)CS. The molecule has 15 heavy (non-hydrogen) atoms. The molecule has 1 rings (SSSR count). The Balaban J connectivity index is 2.62. The molecular weight excluding hydrogens is 204 g/mol. The first-order valence-electron chi connectivity index (χ1n) is 5.20. The van der Waals surface area contributed by atoms with E-state index in [1.54, 1.807) is 0 Å². The summed E-state index contributed by atoms with van der Waals surface area (Å²) in [4.78, 5) is 0. The van der Waals surface area contributed by atoms with Crippen molar-refractivity contribution in [2.75, 3.05) is 12.4 Å². The summed E-state index contributed by atoms with van der Waals surface area (Å²) in [5.41, 5.74) is 1.19. The molecule has 0 spiro atoms. The fourth-order valence-corrected chi connectivity index (χ4v) is 1.36. The fraction of sp³-hybridized carbons (Fsp3) is 0.385. The van der Waals surface area contributed by atoms with Crippen molar-refractivity contribution in [3.8, 4) is 5.75 Å². The van der Waals surface area contributed by atoms with E-state index in [-0.39, 0.29) is 0 Å². The average molecular weight is 222 g/mol. The number of benzene rings is 1. The van der Waals surface area contributed by atoms with Crippen LogP contribution in [0.5, 0.6) is 5.75 Å². The average Bonchev–Trinajstić information content (AvgIpc) is 2.28. The van der Waals surface area contributed by atoms with E-state index >= 15 is 0 Å². The summed E-state index contributed by atoms with van der Waals surface area (Å²) in [6, 6.07) is 8.09. The van der Waals surface area contributed by atoms with Gasteiger partial charge in [0.15, 0.2) is 0 Å². The summed E-state index contributed by atoms with van der Waals surface area (Å²) in [6.07, 6.45) is 2.75. The molecule has 0 aromatic heterocycles. The molecule has 1 atom stereocenters. The number of rotatable bonds is 6. The lowest BCUT2D eigenvalue weighted by atomic mass is 10.1. The number of hydrogen-bond acceptors (Lipinski definition) is 2. The summed E-state index contributed by atoms with van der Waals surface area (Å²) in [5.74, 6) is 2.29. The third kappa shape index (κ3) is 4.00. The molecule has 0 N–H and O–H groups in total. The molecule has 1 aromatic carbocycles. The van der Waals surface area contributed by atoms with Gasteiger partial charge in [-0.1, -0.05) is 31.2 Å². The van der Waals surface area contributed by atoms with Gasteiger partial charge >= 0.3 is 0 Å². The molecule has 1 unspecified atom stereocenters. The van der Waals surface area contributed by atoms with Gasteiger partial charge in [0.2, 0.25) is 0 Å². The van der Waals surface area contributed by atoms with Crippen molar-refractivity contribution in [3.05, 3.63) is 42.5 Å². The number of thiol groups is 1. The molecule has 0 saturated heterocycles. The Kier molecular flexibility index (Phi) is 5.33. The predicted molar refractivity (Wildman–Crippen MR) is 68.9 cm³/mol. The van der Waals surface area contributed by atoms with Gasteiger partial charge in [-0.3, -0.25) is 0 Å². The van der Waals surface area contributed by atoms with Crippen LogP contribution in [0.1, 0.15) is 12.5 Å². The van der Waals surface area contributed by atoms with Gasteiger partial charge < -0.3 is 4.74 Å². The Morgan fingerprint density at radius 1 is 1.47 bits per heavy atom. The number of para-hydroxylation sites is 1. The zero-order chi connectivity index (χ0) is 11.1. The van der Waals surface area contributed by atoms with Crippen LogP contribution in [0.2, 0.25) is 0 Å². The Morgan fingerprint density at radius 2 is 2.20 bits per heavy atom. The minimum absolute atomic E-state index is 0.477. The van der Waals surface area contributed by atoms with E-state index in [1.165, 1.54) is 5.56 Å². The largest absolute Gasteiger partial charge is 0.493 e. The minimum Gasteiger partial charge on any atom is -0.493 e. The molecule has 0 amide bonds. The standard InChI is InChI=1S/C13H18OS/c1-3-6-12-7-4-5-8-13(12)14-9-11(2)10-15/h3-5,7-8,11,15H,1,6,9-10H2,2H3. The van der Waals surface area contributed by atoms with Crippen molar-refractivity contribution < 1.29 is 4.74 Å². The van der Waals surface area contributed by atoms with Crippen molar-refractivity contribution in [2.24, 2.45) is 5.92 Å². The van der Waals surface area contributed by atoms with Gasteiger partial charge in [-0.15, -0.1) is 6.58 Å². The van der Waals surface area contributed by atoms with Crippen molar-refractivity contribution >= 4 is 12.6 Å². The maximum atomic E-state index is 5.75. The highest BCUT2D eigenvalue weighted by molar-refractivity contribution is 7.80. The molecule has 0 heterocycles. The Hall–Kier alpha value is -0.890. The van der Waals surface area contributed by atoms with Gasteiger partial charge in [-0.25, -0.2) is 0 Å². The summed E-state index contributed by atoms with van der Waals surface area (Å²) >= 11 is 4.23. The maximum absolute atomic E-state index is 5.75. The molecule has 2 heteroatoms. The molecule has 0 fully saturated rings. The molecule has 0 aliphatic heterocycles. The van der Waals surface area contributed by atoms with Crippen LogP contribution in [0, 0.1) is 5.92 Å². The zero-order valence-electron chi connectivity index (χ0n) is 9.15. The fourth-order valence-electron chi connectivity index (χ4n) is 1.25. The Labute approximate surface area is 97.6 Å². The first kappa shape index (κ1) is 12.2. The van der Waals surface area contributed by atoms with Gasteiger partial charge in [-0.2, -0.15) is 12.6 Å². The van der Waals surface area contributed by atoms with Crippen LogP contribution in [0.15, 0.2) is 36.9 Å². The molecule has 0 aliphatic carbocycles. The molecule has 0 radical (unpaired) electrons. The number of ether oxygens (including phenoxy) is 1. The van der Waals surface area contributed by atoms with Crippen molar-refractivity contribution in [3.63, 3.8) is 0 Å². The second kappa shape index (κ2) is 6.57. The van der Waals surface area contributed by atoms with Crippen molar-refractivity contribution in [1.82, 2.24) is 0 Å². The maximum Gasteiger partial charge on any atom is 0.122 e. The van der Waals surface area contributed by atoms with Gasteiger partial charge in [0.05, 0.1) is 6.61 Å². The first-order chi connectivity index (χ1) is 7.27. The molecule has 82 valence electrons. The second-order valence-electron chi connectivity index (χ2n) is 3.70. The molecule has 1 aromatic rings. The zero-order valence-corrected chi connectivity index (χ0v) is 10.0. The quantitative estimate of drug-likeness (QED) is 0.573. The van der Waals surface area contributed by atoms with Crippen LogP contribution < -0.4 is 4.74 Å². The molecular formula is C13H18OS. The first-order valence-corrected chi connectivity index (χ1v) is 5.83. The third-order valence-electron chi connectivity index (χ3n) is 2.17. The van der Waals surface area contributed by atoms with E-state index in [0.29, 0.717) is 5.92 Å². The van der Waals surface area contributed by atoms with E-state index in [4.69, 9.17) is 4.74 Å². The minimum atomic E-state index is 0.477. The second-order valence-corrected chi connectivity index (χ2v) is 4.06. The van der Waals surface area contributed by atoms with E-state index in [0.717, 1.165) is 24.5 Å². The Morgan fingerprint density at radius 3 is 2.87 bits per heavy atom. The topological polar surface area (TPSA) is 9.23 Å². The van der Waals surface area contributed by atoms with Crippen molar-refractivity contribution in [2.45, 2.75) is 13.3 Å². The van der Waals surface area contributed by atoms with E-state index in [2.05, 4.69) is 32.2 Å². The number of allylic oxidation sites excluding steroid dienone is 1. The van der Waals surface area contributed by atoms with Crippen LogP contribution in [-0.4, -0.2) is 12.4 Å². The van der Waals surface area contributed by atoms with Crippen LogP contribution in [0.25, 0.3) is 0 Å². The Bertz CT molecular complexity index is 309. The van der Waals surface area contributed by atoms with Crippen LogP contribution in [0.4, 0.5) is 0 Å².